The molecule has 5 aliphatic carbocycles. The van der Waals surface area contributed by atoms with E-state index in [4.69, 9.17) is 18.9 Å². The first kappa shape index (κ1) is 37.0. The third-order valence-electron chi connectivity index (χ3n) is 16.6. The van der Waals surface area contributed by atoms with Gasteiger partial charge in [-0.2, -0.15) is 0 Å². The molecule has 2 heterocycles. The molecule has 0 aromatic carbocycles. The topological polar surface area (TPSA) is 94.5 Å². The highest BCUT2D eigenvalue weighted by atomic mass is 31.0. The normalized spacial score (nSPS) is 53.0. The standard InChI is InChI=1S/C41H69O7P/c1-23-7-9-29-25(3)37(47-38-35(29)28(23)14-18-41(6,49)48-38)46-20-19-45-27-13-16-39(4)26(21-27)22-33(42)36-31-11-10-30(24(2)8-12-34(43)44)40(31,5)17-15-32(36)39/h23-33,35-38,42H,7-22,49H2,1-6H3,(H,43,44)/t23-,24-,25?,26?,27-,28?,29?,30?,31?,32?,33?,35?,36?,37?,38?,39?,40?,41?/m1/s1. The molecular weight excluding hydrogens is 635 g/mol. The van der Waals surface area contributed by atoms with Crippen molar-refractivity contribution in [3.8, 4) is 0 Å². The lowest BCUT2D eigenvalue weighted by molar-refractivity contribution is -0.338. The Morgan fingerprint density at radius 1 is 0.878 bits per heavy atom. The van der Waals surface area contributed by atoms with Crippen LogP contribution in [0.4, 0.5) is 0 Å². The largest absolute Gasteiger partial charge is 0.481 e. The maximum atomic E-state index is 11.8. The average Bonchev–Trinajstić information content (AvgIpc) is 3.33. The monoisotopic (exact) mass is 704 g/mol. The van der Waals surface area contributed by atoms with E-state index in [0.717, 1.165) is 38.0 Å². The highest BCUT2D eigenvalue weighted by molar-refractivity contribution is 7.18. The molecule has 0 bridgehead atoms. The molecule has 5 saturated carbocycles. The molecule has 2 saturated heterocycles. The van der Waals surface area contributed by atoms with Gasteiger partial charge in [-0.05, 0) is 148 Å². The number of hydrogen-bond donors (Lipinski definition) is 2. The van der Waals surface area contributed by atoms with E-state index in [-0.39, 0.29) is 47.4 Å². The minimum atomic E-state index is -0.681. The van der Waals surface area contributed by atoms with Crippen LogP contribution in [0.5, 0.6) is 0 Å². The second-order valence-electron chi connectivity index (χ2n) is 19.2. The fraction of sp³-hybridized carbons (Fsp3) is 0.976. The molecule has 7 nitrogen and oxygen atoms in total. The number of aliphatic hydroxyl groups is 1. The maximum absolute atomic E-state index is 11.8. The quantitative estimate of drug-likeness (QED) is 0.184. The molecule has 49 heavy (non-hydrogen) atoms. The van der Waals surface area contributed by atoms with Gasteiger partial charge < -0.3 is 29.2 Å². The van der Waals surface area contributed by atoms with E-state index in [2.05, 4.69) is 50.8 Å². The first-order valence-electron chi connectivity index (χ1n) is 20.5. The zero-order valence-corrected chi connectivity index (χ0v) is 32.6. The Kier molecular flexibility index (Phi) is 10.7. The van der Waals surface area contributed by atoms with Crippen LogP contribution in [0.3, 0.4) is 0 Å². The third-order valence-corrected chi connectivity index (χ3v) is 17.1. The van der Waals surface area contributed by atoms with Crippen molar-refractivity contribution in [1.29, 1.82) is 0 Å². The van der Waals surface area contributed by atoms with Gasteiger partial charge in [0.05, 0.1) is 30.8 Å². The van der Waals surface area contributed by atoms with Crippen LogP contribution in [0.25, 0.3) is 0 Å². The molecule has 0 aromatic rings. The summed E-state index contributed by atoms with van der Waals surface area (Å²) in [6.45, 7) is 15.4. The molecule has 7 rings (SSSR count). The molecule has 0 radical (unpaired) electrons. The van der Waals surface area contributed by atoms with Gasteiger partial charge in [0.15, 0.2) is 12.6 Å². The Bertz CT molecular complexity index is 1180. The summed E-state index contributed by atoms with van der Waals surface area (Å²) >= 11 is 0. The molecule has 2 N–H and O–H groups in total. The third kappa shape index (κ3) is 6.84. The summed E-state index contributed by atoms with van der Waals surface area (Å²) in [7, 11) is 2.95. The van der Waals surface area contributed by atoms with Crippen molar-refractivity contribution in [2.45, 2.75) is 162 Å². The molecule has 7 aliphatic rings. The summed E-state index contributed by atoms with van der Waals surface area (Å²) in [6, 6.07) is 0. The summed E-state index contributed by atoms with van der Waals surface area (Å²) in [6.07, 6.45) is 14.4. The number of aliphatic carboxylic acids is 1. The van der Waals surface area contributed by atoms with Crippen molar-refractivity contribution in [3.63, 3.8) is 0 Å². The lowest BCUT2D eigenvalue weighted by Crippen LogP contribution is -2.58. The van der Waals surface area contributed by atoms with Gasteiger partial charge in [0.1, 0.15) is 0 Å². The van der Waals surface area contributed by atoms with E-state index in [1.807, 2.05) is 0 Å². The molecule has 16 unspecified atom stereocenters. The van der Waals surface area contributed by atoms with Crippen LogP contribution >= 0.6 is 9.24 Å². The summed E-state index contributed by atoms with van der Waals surface area (Å²) in [5.41, 5.74) is 0.481. The van der Waals surface area contributed by atoms with Gasteiger partial charge in [-0.25, -0.2) is 0 Å². The number of carboxylic acid groups (broad SMARTS) is 1. The molecular formula is C41H69O7P. The van der Waals surface area contributed by atoms with E-state index >= 15 is 0 Å². The first-order chi connectivity index (χ1) is 23.2. The molecule has 0 amide bonds. The number of fused-ring (bicyclic) bond motifs is 5. The van der Waals surface area contributed by atoms with Crippen LogP contribution < -0.4 is 0 Å². The second-order valence-corrected chi connectivity index (χ2v) is 20.5. The molecule has 7 fully saturated rings. The minimum Gasteiger partial charge on any atom is -0.481 e. The smallest absolute Gasteiger partial charge is 0.303 e. The number of hydrogen-bond acceptors (Lipinski definition) is 6. The Labute approximate surface area is 299 Å². The highest BCUT2D eigenvalue weighted by Crippen LogP contribution is 2.68. The zero-order valence-electron chi connectivity index (χ0n) is 31.5. The van der Waals surface area contributed by atoms with Crippen molar-refractivity contribution >= 4 is 15.2 Å². The second kappa shape index (κ2) is 14.2. The van der Waals surface area contributed by atoms with Crippen molar-refractivity contribution in [3.05, 3.63) is 0 Å². The maximum Gasteiger partial charge on any atom is 0.303 e. The van der Waals surface area contributed by atoms with Gasteiger partial charge in [0.2, 0.25) is 0 Å². The molecule has 2 aliphatic heterocycles. The number of rotatable bonds is 9. The van der Waals surface area contributed by atoms with Crippen molar-refractivity contribution in [1.82, 2.24) is 0 Å². The molecule has 280 valence electrons. The van der Waals surface area contributed by atoms with Crippen molar-refractivity contribution in [2.24, 2.45) is 75.9 Å². The summed E-state index contributed by atoms with van der Waals surface area (Å²) in [5.74, 6) is 5.08. The van der Waals surface area contributed by atoms with Crippen LogP contribution in [-0.4, -0.2) is 59.5 Å². The molecule has 0 aromatic heterocycles. The Morgan fingerprint density at radius 3 is 2.39 bits per heavy atom. The predicted octanol–water partition coefficient (Wildman–Crippen LogP) is 8.52. The van der Waals surface area contributed by atoms with Gasteiger partial charge in [-0.1, -0.05) is 41.0 Å². The summed E-state index contributed by atoms with van der Waals surface area (Å²) < 4.78 is 26.3. The van der Waals surface area contributed by atoms with Crippen LogP contribution in [0.2, 0.25) is 0 Å². The van der Waals surface area contributed by atoms with Crippen LogP contribution in [0, 0.1) is 75.9 Å². The predicted molar refractivity (Wildman–Crippen MR) is 193 cm³/mol. The molecule has 8 heteroatoms. The van der Waals surface area contributed by atoms with Crippen LogP contribution in [0.15, 0.2) is 0 Å². The van der Waals surface area contributed by atoms with Crippen molar-refractivity contribution in [2.75, 3.05) is 13.2 Å². The summed E-state index contributed by atoms with van der Waals surface area (Å²) in [5, 5.41) is 20.9. The first-order valence-corrected chi connectivity index (χ1v) is 21.0. The van der Waals surface area contributed by atoms with Gasteiger partial charge >= 0.3 is 5.97 Å². The van der Waals surface area contributed by atoms with E-state index < -0.39 is 5.97 Å². The fourth-order valence-electron chi connectivity index (χ4n) is 13.9. The van der Waals surface area contributed by atoms with Gasteiger partial charge in [0.25, 0.3) is 0 Å². The average molecular weight is 705 g/mol. The van der Waals surface area contributed by atoms with Crippen molar-refractivity contribution < 1.29 is 34.0 Å². The lowest BCUT2D eigenvalue weighted by Gasteiger charge is -2.62. The number of ether oxygens (including phenoxy) is 4. The van der Waals surface area contributed by atoms with E-state index in [1.54, 1.807) is 0 Å². The van der Waals surface area contributed by atoms with E-state index in [0.29, 0.717) is 72.4 Å². The summed E-state index contributed by atoms with van der Waals surface area (Å²) in [4.78, 5) is 11.3. The van der Waals surface area contributed by atoms with E-state index in [1.165, 1.54) is 51.4 Å². The SMILES string of the molecule is CC1C(OCCO[C@@H]2CCC3(C)C(CC(O)C4C3CCC3(C)C4CCC3[C@H](C)CCC(=O)O)C2)OC2OC(C)(P)CCC3C2C1CC[C@H]3C. The Hall–Kier alpha value is -0.300. The molecule has 19 atom stereocenters. The van der Waals surface area contributed by atoms with Gasteiger partial charge in [-0.15, -0.1) is 9.24 Å². The van der Waals surface area contributed by atoms with Crippen LogP contribution in [-0.2, 0) is 23.7 Å². The van der Waals surface area contributed by atoms with Gasteiger partial charge in [-0.3, -0.25) is 4.79 Å². The Balaban J connectivity index is 0.923. The minimum absolute atomic E-state index is 0.199. The lowest BCUT2D eigenvalue weighted by atomic mass is 9.43. The van der Waals surface area contributed by atoms with Gasteiger partial charge in [0, 0.05) is 18.3 Å². The zero-order chi connectivity index (χ0) is 34.9. The number of aliphatic hydroxyl groups excluding tert-OH is 1. The number of carboxylic acids is 1. The Morgan fingerprint density at radius 2 is 1.61 bits per heavy atom. The fourth-order valence-corrected chi connectivity index (χ4v) is 14.2. The van der Waals surface area contributed by atoms with Crippen LogP contribution in [0.1, 0.15) is 131 Å². The molecule has 0 spiro atoms. The number of carbonyl (C=O) groups is 1. The highest BCUT2D eigenvalue weighted by Gasteiger charge is 2.63. The van der Waals surface area contributed by atoms with E-state index in [9.17, 15) is 15.0 Å².